The topological polar surface area (TPSA) is 475 Å². The summed E-state index contributed by atoms with van der Waals surface area (Å²) in [5.74, 6) is -2.92. The second-order valence-electron chi connectivity index (χ2n) is 7.03. The third kappa shape index (κ3) is 17.4. The van der Waals surface area contributed by atoms with Crippen LogP contribution in [0.2, 0.25) is 0 Å². The van der Waals surface area contributed by atoms with Crippen LogP contribution in [-0.4, -0.2) is 55.7 Å². The minimum absolute atomic E-state index is 0. The zero-order chi connectivity index (χ0) is 33.2. The van der Waals surface area contributed by atoms with E-state index in [1.165, 1.54) is 0 Å². The van der Waals surface area contributed by atoms with Crippen molar-refractivity contribution in [2.75, 3.05) is 26.2 Å². The molecule has 0 spiro atoms. The van der Waals surface area contributed by atoms with Crippen molar-refractivity contribution in [2.45, 2.75) is 12.8 Å². The molecule has 45 heavy (non-hydrogen) atoms. The van der Waals surface area contributed by atoms with Gasteiger partial charge in [-0.05, 0) is 39.0 Å². The zero-order valence-electron chi connectivity index (χ0n) is 22.7. The largest absolute Gasteiger partial charge is 2.00 e. The van der Waals surface area contributed by atoms with E-state index in [9.17, 15) is 70.9 Å². The normalized spacial score (nSPS) is 8.80. The Morgan fingerprint density at radius 1 is 0.444 bits per heavy atom. The predicted molar refractivity (Wildman–Crippen MR) is 147 cm³/mol. The van der Waals surface area contributed by atoms with E-state index in [2.05, 4.69) is 0 Å². The van der Waals surface area contributed by atoms with Crippen molar-refractivity contribution in [1.82, 2.24) is 0 Å². The standard InChI is InChI=1S/2C6H3N3O7.2C3H10N2.Ni.2H2O/c2*10-6-4(8(13)14)1-3(7(11)12)2-5(6)9(15)16;2*4-2-1-3-5;;;/h2*1-2,10H;2*1-5H2;;2*1H2/q;;;;+2;;. The third-order valence-electron chi connectivity index (χ3n) is 4.09. The summed E-state index contributed by atoms with van der Waals surface area (Å²) in [4.78, 5) is 55.0. The molecule has 2 aromatic rings. The number of nitrogens with two attached hydrogens (primary N) is 4. The number of nitrogens with zero attached hydrogens (tertiary/aromatic N) is 6. The molecule has 0 unspecified atom stereocenters. The predicted octanol–water partition coefficient (Wildman–Crippen LogP) is -2.29. The maximum absolute atomic E-state index is 11.1. The first-order chi connectivity index (χ1) is 19.5. The van der Waals surface area contributed by atoms with Gasteiger partial charge in [0.25, 0.3) is 34.1 Å². The van der Waals surface area contributed by atoms with Crippen LogP contribution in [0.1, 0.15) is 12.8 Å². The van der Waals surface area contributed by atoms with E-state index in [1.54, 1.807) is 0 Å². The molecule has 256 valence electrons. The summed E-state index contributed by atoms with van der Waals surface area (Å²) in [6, 6.07) is 1.54. The van der Waals surface area contributed by atoms with Gasteiger partial charge in [0.05, 0.1) is 65.3 Å². The molecule has 0 heterocycles. The van der Waals surface area contributed by atoms with Crippen molar-refractivity contribution in [3.8, 4) is 11.5 Å². The van der Waals surface area contributed by atoms with Gasteiger partial charge in [0.1, 0.15) is 0 Å². The second kappa shape index (κ2) is 25.2. The number of hydrogen-bond acceptors (Lipinski definition) is 18. The summed E-state index contributed by atoms with van der Waals surface area (Å²) in [7, 11) is 0. The Hall–Kier alpha value is -5.31. The van der Waals surface area contributed by atoms with Gasteiger partial charge in [-0.15, -0.1) is 0 Å². The third-order valence-corrected chi connectivity index (χ3v) is 4.09. The first-order valence-electron chi connectivity index (χ1n) is 10.9. The van der Waals surface area contributed by atoms with Crippen molar-refractivity contribution in [1.29, 1.82) is 0 Å². The molecule has 0 amide bonds. The monoisotopic (exact) mass is 700 g/mol. The number of non-ortho nitro benzene ring substituents is 2. The zero-order valence-corrected chi connectivity index (χ0v) is 23.7. The van der Waals surface area contributed by atoms with E-state index in [1.807, 2.05) is 0 Å². The molecule has 26 nitrogen and oxygen atoms in total. The minimum atomic E-state index is -1.46. The smallest absolute Gasteiger partial charge is 0.863 e. The molecule has 0 aliphatic heterocycles. The van der Waals surface area contributed by atoms with E-state index in [0.717, 1.165) is 39.0 Å². The fraction of sp³-hybridized carbons (Fsp3) is 0.333. The molecule has 0 saturated heterocycles. The van der Waals surface area contributed by atoms with Crippen LogP contribution in [0.3, 0.4) is 0 Å². The van der Waals surface area contributed by atoms with E-state index in [4.69, 9.17) is 22.9 Å². The van der Waals surface area contributed by atoms with Crippen molar-refractivity contribution in [2.24, 2.45) is 22.9 Å². The van der Waals surface area contributed by atoms with E-state index < -0.39 is 75.2 Å². The molecule has 2 aromatic carbocycles. The number of nitro benzene ring substituents is 6. The van der Waals surface area contributed by atoms with Gasteiger partial charge in [0.15, 0.2) is 0 Å². The molecule has 0 aromatic heterocycles. The number of rotatable bonds is 10. The van der Waals surface area contributed by atoms with Crippen LogP contribution in [0.15, 0.2) is 24.3 Å². The molecule has 27 heteroatoms. The first kappa shape index (κ1) is 49.4. The maximum Gasteiger partial charge on any atom is 2.00 e. The molecule has 0 saturated carbocycles. The van der Waals surface area contributed by atoms with Gasteiger partial charge < -0.3 is 44.1 Å². The summed E-state index contributed by atoms with van der Waals surface area (Å²) in [6.07, 6.45) is 1.89. The SMILES string of the molecule is NCCCN.NCCCN.O=[N+]([O-])c1cc([N+](=O)[O-])c([O-])c([N+](=O)[O-])c1.O=[N+]([O-])c1cc([N+](=O)[O-])c([O-])c([N+](=O)[O-])c1.[Ni+2].[OH3+].[OH3+]. The van der Waals surface area contributed by atoms with Crippen LogP contribution < -0.4 is 33.1 Å². The van der Waals surface area contributed by atoms with Crippen molar-refractivity contribution < 1.29 is 67.2 Å². The molecule has 2 rings (SSSR count). The summed E-state index contributed by atoms with van der Waals surface area (Å²) in [6.45, 7) is 2.88. The molecular weight excluding hydrogens is 671 g/mol. The van der Waals surface area contributed by atoms with Gasteiger partial charge >= 0.3 is 16.5 Å². The summed E-state index contributed by atoms with van der Waals surface area (Å²) in [5.41, 5.74) is 13.7. The number of hydrogen-bond donors (Lipinski definition) is 4. The van der Waals surface area contributed by atoms with Crippen molar-refractivity contribution in [3.63, 3.8) is 0 Å². The van der Waals surface area contributed by atoms with Crippen LogP contribution in [-0.2, 0) is 27.4 Å². The van der Waals surface area contributed by atoms with Crippen molar-refractivity contribution >= 4 is 34.1 Å². The molecule has 0 atom stereocenters. The number of nitro groups is 6. The van der Waals surface area contributed by atoms with Crippen molar-refractivity contribution in [3.05, 3.63) is 85.0 Å². The molecule has 0 aliphatic carbocycles. The van der Waals surface area contributed by atoms with Gasteiger partial charge in [-0.2, -0.15) is 0 Å². The quantitative estimate of drug-likeness (QED) is 0.0876. The van der Waals surface area contributed by atoms with E-state index in [-0.39, 0.29) is 27.4 Å². The second-order valence-corrected chi connectivity index (χ2v) is 7.03. The van der Waals surface area contributed by atoms with Gasteiger partial charge in [0.2, 0.25) is 0 Å². The summed E-state index contributed by atoms with van der Waals surface area (Å²) < 4.78 is 0. The first-order valence-corrected chi connectivity index (χ1v) is 10.9. The molecule has 0 bridgehead atoms. The maximum atomic E-state index is 11.1. The molecule has 0 fully saturated rings. The molecule has 14 N–H and O–H groups in total. The summed E-state index contributed by atoms with van der Waals surface area (Å²) in [5, 5.41) is 84.2. The average molecular weight is 701 g/mol. The Labute approximate surface area is 260 Å². The summed E-state index contributed by atoms with van der Waals surface area (Å²) >= 11 is 0. The van der Waals surface area contributed by atoms with E-state index in [0.29, 0.717) is 24.3 Å². The van der Waals surface area contributed by atoms with Crippen LogP contribution in [0.5, 0.6) is 11.5 Å². The minimum Gasteiger partial charge on any atom is -0.863 e. The van der Waals surface area contributed by atoms with Crippen LogP contribution in [0, 0.1) is 60.7 Å². The fourth-order valence-electron chi connectivity index (χ4n) is 2.16. The Morgan fingerprint density at radius 2 is 0.622 bits per heavy atom. The van der Waals surface area contributed by atoms with E-state index >= 15 is 0 Å². The Bertz CT molecular complexity index is 1130. The van der Waals surface area contributed by atoms with Gasteiger partial charge in [-0.3, -0.25) is 60.7 Å². The van der Waals surface area contributed by atoms with Gasteiger partial charge in [0, 0.05) is 0 Å². The number of benzene rings is 2. The van der Waals surface area contributed by atoms with Crippen LogP contribution in [0.4, 0.5) is 34.1 Å². The Morgan fingerprint density at radius 3 is 0.711 bits per heavy atom. The molecular formula is C18H30N10NiO16+2. The fourth-order valence-corrected chi connectivity index (χ4v) is 2.16. The van der Waals surface area contributed by atoms with Gasteiger partial charge in [-0.1, -0.05) is 0 Å². The van der Waals surface area contributed by atoms with Gasteiger partial charge in [-0.25, -0.2) is 0 Å². The van der Waals surface area contributed by atoms with Crippen LogP contribution in [0.25, 0.3) is 0 Å². The Kier molecular flexibility index (Phi) is 27.7. The molecule has 0 aliphatic rings. The van der Waals surface area contributed by atoms with Crippen LogP contribution >= 0.6 is 0 Å². The average Bonchev–Trinajstić information content (AvgIpc) is 2.90. The Balaban J connectivity index is -0.000000174. The molecule has 0 radical (unpaired) electrons.